The molecule has 3 rings (SSSR count). The van der Waals surface area contributed by atoms with E-state index in [1.807, 2.05) is 41.3 Å². The van der Waals surface area contributed by atoms with Gasteiger partial charge in [-0.1, -0.05) is 48.0 Å². The highest BCUT2D eigenvalue weighted by atomic mass is 32.2. The van der Waals surface area contributed by atoms with Crippen LogP contribution in [0, 0.1) is 6.92 Å². The SMILES string of the molecule is COCCN(Cc1cccn1Cc1cccc(C)c1)C(=O)CSc1ccccc1. The molecule has 2 aromatic carbocycles. The average molecular weight is 409 g/mol. The first-order valence-corrected chi connectivity index (χ1v) is 10.8. The Morgan fingerprint density at radius 1 is 1.07 bits per heavy atom. The van der Waals surface area contributed by atoms with Crippen molar-refractivity contribution >= 4 is 17.7 Å². The number of thioether (sulfide) groups is 1. The number of amides is 1. The lowest BCUT2D eigenvalue weighted by molar-refractivity contribution is -0.129. The van der Waals surface area contributed by atoms with E-state index in [0.717, 1.165) is 17.1 Å². The standard InChI is InChI=1S/C24H28N2O2S/c1-20-8-6-9-21(16-20)17-25-13-7-10-22(25)18-26(14-15-28-2)24(27)19-29-23-11-4-3-5-12-23/h3-13,16H,14-15,17-19H2,1-2H3. The van der Waals surface area contributed by atoms with E-state index in [1.54, 1.807) is 18.9 Å². The van der Waals surface area contributed by atoms with Crippen LogP contribution in [-0.2, 0) is 22.6 Å². The van der Waals surface area contributed by atoms with Crippen LogP contribution in [0.5, 0.6) is 0 Å². The Labute approximate surface area is 177 Å². The Hall–Kier alpha value is -2.50. The van der Waals surface area contributed by atoms with Crippen LogP contribution < -0.4 is 0 Å². The van der Waals surface area contributed by atoms with Crippen molar-refractivity contribution in [2.75, 3.05) is 26.0 Å². The Morgan fingerprint density at radius 3 is 2.66 bits per heavy atom. The van der Waals surface area contributed by atoms with E-state index in [9.17, 15) is 4.79 Å². The third kappa shape index (κ3) is 6.51. The smallest absolute Gasteiger partial charge is 0.233 e. The summed E-state index contributed by atoms with van der Waals surface area (Å²) in [4.78, 5) is 15.9. The van der Waals surface area contributed by atoms with Crippen molar-refractivity contribution in [1.29, 1.82) is 0 Å². The van der Waals surface area contributed by atoms with Gasteiger partial charge in [0.1, 0.15) is 0 Å². The fraction of sp³-hybridized carbons (Fsp3) is 0.292. The first-order valence-electron chi connectivity index (χ1n) is 9.80. The van der Waals surface area contributed by atoms with E-state index in [-0.39, 0.29) is 5.91 Å². The fourth-order valence-electron chi connectivity index (χ4n) is 3.20. The molecular weight excluding hydrogens is 380 g/mol. The summed E-state index contributed by atoms with van der Waals surface area (Å²) in [5.74, 6) is 0.547. The van der Waals surface area contributed by atoms with Crippen molar-refractivity contribution in [3.8, 4) is 0 Å². The number of carbonyl (C=O) groups excluding carboxylic acids is 1. The van der Waals surface area contributed by atoms with Crippen LogP contribution in [0.1, 0.15) is 16.8 Å². The van der Waals surface area contributed by atoms with E-state index in [1.165, 1.54) is 11.1 Å². The molecule has 0 aliphatic rings. The van der Waals surface area contributed by atoms with E-state index < -0.39 is 0 Å². The highest BCUT2D eigenvalue weighted by Crippen LogP contribution is 2.18. The highest BCUT2D eigenvalue weighted by molar-refractivity contribution is 8.00. The largest absolute Gasteiger partial charge is 0.383 e. The monoisotopic (exact) mass is 408 g/mol. The molecule has 0 N–H and O–H groups in total. The summed E-state index contributed by atoms with van der Waals surface area (Å²) in [6.07, 6.45) is 2.08. The number of carbonyl (C=O) groups is 1. The summed E-state index contributed by atoms with van der Waals surface area (Å²) in [5, 5.41) is 0. The van der Waals surface area contributed by atoms with Crippen LogP contribution in [-0.4, -0.2) is 41.4 Å². The second kappa shape index (κ2) is 10.9. The molecule has 1 amide bonds. The molecule has 0 radical (unpaired) electrons. The molecule has 0 aliphatic carbocycles. The van der Waals surface area contributed by atoms with Crippen LogP contribution in [0.2, 0.25) is 0 Å². The number of nitrogens with zero attached hydrogens (tertiary/aromatic N) is 2. The van der Waals surface area contributed by atoms with Crippen molar-refractivity contribution < 1.29 is 9.53 Å². The molecule has 0 aliphatic heterocycles. The third-order valence-electron chi connectivity index (χ3n) is 4.74. The predicted molar refractivity (Wildman–Crippen MR) is 119 cm³/mol. The maximum atomic E-state index is 12.9. The lowest BCUT2D eigenvalue weighted by atomic mass is 10.1. The van der Waals surface area contributed by atoms with Crippen LogP contribution in [0.15, 0.2) is 77.8 Å². The van der Waals surface area contributed by atoms with E-state index in [0.29, 0.717) is 25.4 Å². The number of benzene rings is 2. The molecule has 0 spiro atoms. The van der Waals surface area contributed by atoms with Crippen LogP contribution in [0.25, 0.3) is 0 Å². The molecule has 0 bridgehead atoms. The van der Waals surface area contributed by atoms with Gasteiger partial charge in [-0.3, -0.25) is 4.79 Å². The molecule has 5 heteroatoms. The molecule has 0 saturated heterocycles. The van der Waals surface area contributed by atoms with Crippen LogP contribution >= 0.6 is 11.8 Å². The molecule has 0 saturated carbocycles. The van der Waals surface area contributed by atoms with E-state index in [4.69, 9.17) is 4.74 Å². The van der Waals surface area contributed by atoms with Gasteiger partial charge in [-0.15, -0.1) is 11.8 Å². The summed E-state index contributed by atoms with van der Waals surface area (Å²) in [5.41, 5.74) is 3.64. The lowest BCUT2D eigenvalue weighted by Crippen LogP contribution is -2.35. The molecule has 1 heterocycles. The number of hydrogen-bond donors (Lipinski definition) is 0. The van der Waals surface area contributed by atoms with Gasteiger partial charge in [0.05, 0.1) is 18.9 Å². The van der Waals surface area contributed by atoms with Crippen molar-refractivity contribution in [1.82, 2.24) is 9.47 Å². The second-order valence-corrected chi connectivity index (χ2v) is 8.08. The second-order valence-electron chi connectivity index (χ2n) is 7.03. The topological polar surface area (TPSA) is 34.5 Å². The van der Waals surface area contributed by atoms with Gasteiger partial charge >= 0.3 is 0 Å². The Kier molecular flexibility index (Phi) is 7.96. The number of hydrogen-bond acceptors (Lipinski definition) is 3. The molecular formula is C24H28N2O2S. The van der Waals surface area contributed by atoms with Gasteiger partial charge in [-0.2, -0.15) is 0 Å². The molecule has 4 nitrogen and oxygen atoms in total. The quantitative estimate of drug-likeness (QED) is 0.460. The summed E-state index contributed by atoms with van der Waals surface area (Å²) < 4.78 is 7.45. The van der Waals surface area contributed by atoms with Gasteiger partial charge in [0.25, 0.3) is 0 Å². The summed E-state index contributed by atoms with van der Waals surface area (Å²) >= 11 is 1.57. The maximum Gasteiger partial charge on any atom is 0.233 e. The van der Waals surface area contributed by atoms with Crippen molar-refractivity contribution in [2.45, 2.75) is 24.9 Å². The Morgan fingerprint density at radius 2 is 1.90 bits per heavy atom. The van der Waals surface area contributed by atoms with Gasteiger partial charge in [-0.05, 0) is 36.8 Å². The third-order valence-corrected chi connectivity index (χ3v) is 5.73. The zero-order chi connectivity index (χ0) is 20.5. The average Bonchev–Trinajstić information content (AvgIpc) is 3.16. The normalized spacial score (nSPS) is 10.8. The first-order chi connectivity index (χ1) is 14.2. The van der Waals surface area contributed by atoms with E-state index in [2.05, 4.69) is 48.0 Å². The van der Waals surface area contributed by atoms with Crippen molar-refractivity contribution in [3.05, 3.63) is 89.7 Å². The van der Waals surface area contributed by atoms with Crippen molar-refractivity contribution in [3.63, 3.8) is 0 Å². The van der Waals surface area contributed by atoms with Crippen LogP contribution in [0.4, 0.5) is 0 Å². The number of ether oxygens (including phenoxy) is 1. The maximum absolute atomic E-state index is 12.9. The van der Waals surface area contributed by atoms with Gasteiger partial charge in [0.2, 0.25) is 5.91 Å². The van der Waals surface area contributed by atoms with Crippen LogP contribution in [0.3, 0.4) is 0 Å². The highest BCUT2D eigenvalue weighted by Gasteiger charge is 2.16. The number of rotatable bonds is 10. The minimum absolute atomic E-state index is 0.124. The molecule has 0 fully saturated rings. The fourth-order valence-corrected chi connectivity index (χ4v) is 4.02. The van der Waals surface area contributed by atoms with Gasteiger partial charge in [0.15, 0.2) is 0 Å². The Bertz CT molecular complexity index is 908. The van der Waals surface area contributed by atoms with E-state index >= 15 is 0 Å². The van der Waals surface area contributed by atoms with Crippen molar-refractivity contribution in [2.24, 2.45) is 0 Å². The number of methoxy groups -OCH3 is 1. The van der Waals surface area contributed by atoms with Gasteiger partial charge < -0.3 is 14.2 Å². The first kappa shape index (κ1) is 21.2. The molecule has 0 atom stereocenters. The summed E-state index contributed by atoms with van der Waals surface area (Å²) in [7, 11) is 1.67. The molecule has 0 unspecified atom stereocenters. The minimum atomic E-state index is 0.124. The van der Waals surface area contributed by atoms with Gasteiger partial charge in [0, 0.05) is 37.0 Å². The number of aryl methyl sites for hydroxylation is 1. The number of aromatic nitrogens is 1. The molecule has 3 aromatic rings. The zero-order valence-corrected chi connectivity index (χ0v) is 17.9. The zero-order valence-electron chi connectivity index (χ0n) is 17.1. The lowest BCUT2D eigenvalue weighted by Gasteiger charge is -2.23. The molecule has 29 heavy (non-hydrogen) atoms. The van der Waals surface area contributed by atoms with Gasteiger partial charge in [-0.25, -0.2) is 0 Å². The molecule has 152 valence electrons. The minimum Gasteiger partial charge on any atom is -0.383 e. The predicted octanol–water partition coefficient (Wildman–Crippen LogP) is 4.61. The summed E-state index contributed by atoms with van der Waals surface area (Å²) in [6.45, 7) is 4.60. The Balaban J connectivity index is 1.66. The molecule has 1 aromatic heterocycles. The summed E-state index contributed by atoms with van der Waals surface area (Å²) in [6, 6.07) is 22.7.